The van der Waals surface area contributed by atoms with Crippen molar-refractivity contribution in [3.8, 4) is 5.75 Å². The molecule has 25 heavy (non-hydrogen) atoms. The average Bonchev–Trinajstić information content (AvgIpc) is 3.05. The van der Waals surface area contributed by atoms with E-state index in [9.17, 15) is 4.79 Å². The molecular weight excluding hydrogens is 320 g/mol. The first-order chi connectivity index (χ1) is 11.8. The summed E-state index contributed by atoms with van der Waals surface area (Å²) in [6.07, 6.45) is 1.58. The Labute approximate surface area is 150 Å². The van der Waals surface area contributed by atoms with Crippen molar-refractivity contribution in [3.05, 3.63) is 18.2 Å². The molecule has 1 aromatic rings. The van der Waals surface area contributed by atoms with Crippen LogP contribution >= 0.6 is 0 Å². The Morgan fingerprint density at radius 3 is 2.72 bits per heavy atom. The second kappa shape index (κ2) is 8.43. The molecule has 0 radical (unpaired) electrons. The second-order valence-electron chi connectivity index (χ2n) is 7.32. The fourth-order valence-electron chi connectivity index (χ4n) is 2.95. The van der Waals surface area contributed by atoms with E-state index in [0.717, 1.165) is 31.7 Å². The molecule has 1 amide bonds. The Morgan fingerprint density at radius 2 is 2.16 bits per heavy atom. The van der Waals surface area contributed by atoms with Crippen LogP contribution in [0.4, 0.5) is 16.2 Å². The van der Waals surface area contributed by atoms with E-state index in [1.165, 1.54) is 0 Å². The van der Waals surface area contributed by atoms with Crippen molar-refractivity contribution < 1.29 is 19.0 Å². The third-order valence-electron chi connectivity index (χ3n) is 4.16. The van der Waals surface area contributed by atoms with Crippen molar-refractivity contribution in [1.82, 2.24) is 0 Å². The molecule has 1 saturated heterocycles. The van der Waals surface area contributed by atoms with Crippen LogP contribution in [-0.4, -0.2) is 38.1 Å². The van der Waals surface area contributed by atoms with Crippen molar-refractivity contribution in [2.75, 3.05) is 31.0 Å². The van der Waals surface area contributed by atoms with Crippen LogP contribution in [-0.2, 0) is 9.47 Å². The number of hydrogen-bond acceptors (Lipinski definition) is 5. The van der Waals surface area contributed by atoms with Crippen LogP contribution in [0.2, 0.25) is 0 Å². The van der Waals surface area contributed by atoms with E-state index in [2.05, 4.69) is 17.6 Å². The van der Waals surface area contributed by atoms with Gasteiger partial charge in [0.1, 0.15) is 11.4 Å². The number of benzene rings is 1. The molecule has 0 aromatic heterocycles. The van der Waals surface area contributed by atoms with Crippen LogP contribution in [0, 0.1) is 5.92 Å². The Kier molecular flexibility index (Phi) is 6.53. The Hall–Kier alpha value is -1.95. The van der Waals surface area contributed by atoms with Gasteiger partial charge in [0.05, 0.1) is 19.4 Å². The first-order valence-electron chi connectivity index (χ1n) is 8.84. The van der Waals surface area contributed by atoms with Gasteiger partial charge < -0.3 is 19.5 Å². The van der Waals surface area contributed by atoms with Crippen molar-refractivity contribution in [2.45, 2.75) is 52.2 Å². The average molecular weight is 350 g/mol. The quantitative estimate of drug-likeness (QED) is 0.802. The lowest BCUT2D eigenvalue weighted by molar-refractivity contribution is 0.0635. The lowest BCUT2D eigenvalue weighted by Gasteiger charge is -2.24. The van der Waals surface area contributed by atoms with Gasteiger partial charge in [-0.3, -0.25) is 5.32 Å². The van der Waals surface area contributed by atoms with Crippen LogP contribution in [0.3, 0.4) is 0 Å². The van der Waals surface area contributed by atoms with Crippen LogP contribution in [0.5, 0.6) is 5.75 Å². The van der Waals surface area contributed by atoms with Crippen molar-refractivity contribution in [3.63, 3.8) is 0 Å². The van der Waals surface area contributed by atoms with E-state index in [1.807, 2.05) is 39.0 Å². The van der Waals surface area contributed by atoms with Gasteiger partial charge >= 0.3 is 6.09 Å². The minimum Gasteiger partial charge on any atom is -0.495 e. The molecule has 0 bridgehead atoms. The standard InChI is InChI=1S/C19H30N2O4/c1-6-15(13-9-10-24-12-13)20-14-7-8-17(23-5)16(11-14)21-18(22)25-19(2,3)4/h7-8,11,13,15,20H,6,9-10,12H2,1-5H3,(H,21,22). The van der Waals surface area contributed by atoms with Gasteiger partial charge in [-0.1, -0.05) is 6.92 Å². The third kappa shape index (κ3) is 5.81. The number of ether oxygens (including phenoxy) is 3. The highest BCUT2D eigenvalue weighted by Crippen LogP contribution is 2.30. The molecule has 1 aromatic carbocycles. The zero-order valence-corrected chi connectivity index (χ0v) is 15.8. The summed E-state index contributed by atoms with van der Waals surface area (Å²) >= 11 is 0. The van der Waals surface area contributed by atoms with Crippen molar-refractivity contribution in [1.29, 1.82) is 0 Å². The molecular formula is C19H30N2O4. The number of amides is 1. The minimum absolute atomic E-state index is 0.338. The summed E-state index contributed by atoms with van der Waals surface area (Å²) in [5.74, 6) is 1.10. The largest absolute Gasteiger partial charge is 0.495 e. The number of hydrogen-bond donors (Lipinski definition) is 2. The maximum Gasteiger partial charge on any atom is 0.412 e. The zero-order valence-electron chi connectivity index (χ0n) is 15.8. The summed E-state index contributed by atoms with van der Waals surface area (Å²) in [5, 5.41) is 6.32. The number of carbonyl (C=O) groups excluding carboxylic acids is 1. The summed E-state index contributed by atoms with van der Waals surface area (Å²) in [4.78, 5) is 12.1. The third-order valence-corrected chi connectivity index (χ3v) is 4.16. The molecule has 1 aliphatic rings. The van der Waals surface area contributed by atoms with Gasteiger partial charge in [-0.15, -0.1) is 0 Å². The predicted molar refractivity (Wildman–Crippen MR) is 99.5 cm³/mol. The molecule has 2 rings (SSSR count). The second-order valence-corrected chi connectivity index (χ2v) is 7.32. The molecule has 1 fully saturated rings. The topological polar surface area (TPSA) is 68.8 Å². The molecule has 140 valence electrons. The monoisotopic (exact) mass is 350 g/mol. The SMILES string of the molecule is CCC(Nc1ccc(OC)c(NC(=O)OC(C)(C)C)c1)C1CCOC1. The van der Waals surface area contributed by atoms with E-state index in [-0.39, 0.29) is 0 Å². The molecule has 6 heteroatoms. The molecule has 6 nitrogen and oxygen atoms in total. The number of nitrogens with one attached hydrogen (secondary N) is 2. The van der Waals surface area contributed by atoms with Crippen molar-refractivity contribution in [2.24, 2.45) is 5.92 Å². The Balaban J connectivity index is 2.11. The zero-order chi connectivity index (χ0) is 18.4. The van der Waals surface area contributed by atoms with E-state index in [4.69, 9.17) is 14.2 Å². The highest BCUT2D eigenvalue weighted by molar-refractivity contribution is 5.88. The molecule has 0 aliphatic carbocycles. The summed E-state index contributed by atoms with van der Waals surface area (Å²) < 4.78 is 16.2. The Bertz CT molecular complexity index is 577. The molecule has 0 saturated carbocycles. The highest BCUT2D eigenvalue weighted by Gasteiger charge is 2.24. The first kappa shape index (κ1) is 19.4. The summed E-state index contributed by atoms with van der Waals surface area (Å²) in [6, 6.07) is 6.01. The smallest absolute Gasteiger partial charge is 0.412 e. The molecule has 0 spiro atoms. The van der Waals surface area contributed by atoms with Gasteiger partial charge in [0.25, 0.3) is 0 Å². The van der Waals surface area contributed by atoms with E-state index in [0.29, 0.717) is 23.4 Å². The molecule has 2 atom stereocenters. The van der Waals surface area contributed by atoms with E-state index >= 15 is 0 Å². The van der Waals surface area contributed by atoms with E-state index < -0.39 is 11.7 Å². The van der Waals surface area contributed by atoms with Crippen molar-refractivity contribution >= 4 is 17.5 Å². The van der Waals surface area contributed by atoms with Gasteiger partial charge in [-0.25, -0.2) is 4.79 Å². The van der Waals surface area contributed by atoms with Crippen LogP contribution in [0.25, 0.3) is 0 Å². The molecule has 1 heterocycles. The van der Waals surface area contributed by atoms with Gasteiger partial charge in [-0.05, 0) is 51.8 Å². The van der Waals surface area contributed by atoms with Gasteiger partial charge in [0, 0.05) is 24.3 Å². The predicted octanol–water partition coefficient (Wildman–Crippen LogP) is 4.27. The summed E-state index contributed by atoms with van der Waals surface area (Å²) in [6.45, 7) is 9.28. The number of methoxy groups -OCH3 is 1. The normalized spacial score (nSPS) is 18.5. The van der Waals surface area contributed by atoms with Crippen LogP contribution in [0.15, 0.2) is 18.2 Å². The highest BCUT2D eigenvalue weighted by atomic mass is 16.6. The van der Waals surface area contributed by atoms with E-state index in [1.54, 1.807) is 7.11 Å². The Morgan fingerprint density at radius 1 is 1.40 bits per heavy atom. The van der Waals surface area contributed by atoms with Gasteiger partial charge in [0.15, 0.2) is 0 Å². The van der Waals surface area contributed by atoms with Crippen LogP contribution < -0.4 is 15.4 Å². The lowest BCUT2D eigenvalue weighted by Crippen LogP contribution is -2.29. The van der Waals surface area contributed by atoms with Gasteiger partial charge in [0.2, 0.25) is 0 Å². The lowest BCUT2D eigenvalue weighted by atomic mass is 9.96. The molecule has 2 unspecified atom stereocenters. The minimum atomic E-state index is -0.553. The number of carbonyl (C=O) groups is 1. The summed E-state index contributed by atoms with van der Waals surface area (Å²) in [7, 11) is 1.58. The maximum atomic E-state index is 12.1. The maximum absolute atomic E-state index is 12.1. The van der Waals surface area contributed by atoms with Gasteiger partial charge in [-0.2, -0.15) is 0 Å². The number of anilines is 2. The number of rotatable bonds is 6. The fourth-order valence-corrected chi connectivity index (χ4v) is 2.95. The molecule has 2 N–H and O–H groups in total. The fraction of sp³-hybridized carbons (Fsp3) is 0.632. The van der Waals surface area contributed by atoms with Crippen LogP contribution in [0.1, 0.15) is 40.5 Å². The molecule has 1 aliphatic heterocycles. The summed E-state index contributed by atoms with van der Waals surface area (Å²) in [5.41, 5.74) is 0.966. The first-order valence-corrected chi connectivity index (χ1v) is 8.84.